The van der Waals surface area contributed by atoms with Gasteiger partial charge in [0.05, 0.1) is 11.1 Å². The molecular formula is C28H23NO4. The minimum Gasteiger partial charge on any atom is -0.450 e. The van der Waals surface area contributed by atoms with Gasteiger partial charge in [-0.05, 0) is 19.4 Å². The smallest absolute Gasteiger partial charge is 0.295 e. The van der Waals surface area contributed by atoms with Gasteiger partial charge in [-0.1, -0.05) is 91.0 Å². The van der Waals surface area contributed by atoms with Crippen LogP contribution in [0.4, 0.5) is 0 Å². The minimum atomic E-state index is -1.39. The molecule has 3 aromatic carbocycles. The highest BCUT2D eigenvalue weighted by atomic mass is 16.7. The summed E-state index contributed by atoms with van der Waals surface area (Å²) in [5.41, 5.74) is 2.84. The Bertz CT molecular complexity index is 1280. The summed E-state index contributed by atoms with van der Waals surface area (Å²) in [6.45, 7) is 3.36. The first-order valence-corrected chi connectivity index (χ1v) is 10.8. The molecule has 2 heterocycles. The molecule has 0 spiro atoms. The summed E-state index contributed by atoms with van der Waals surface area (Å²) in [7, 11) is 0. The van der Waals surface area contributed by atoms with E-state index in [0.717, 1.165) is 5.56 Å². The van der Waals surface area contributed by atoms with Crippen molar-refractivity contribution in [2.24, 2.45) is 0 Å². The lowest BCUT2D eigenvalue weighted by atomic mass is 10.0. The van der Waals surface area contributed by atoms with Gasteiger partial charge in [0.2, 0.25) is 0 Å². The zero-order valence-electron chi connectivity index (χ0n) is 18.4. The number of amides is 2. The third-order valence-corrected chi connectivity index (χ3v) is 5.98. The van der Waals surface area contributed by atoms with E-state index in [9.17, 15) is 9.59 Å². The van der Waals surface area contributed by atoms with Gasteiger partial charge >= 0.3 is 0 Å². The molecule has 1 unspecified atom stereocenters. The number of carbonyl (C=O) groups excluding carboxylic acids is 2. The van der Waals surface area contributed by atoms with Gasteiger partial charge in [0.1, 0.15) is 18.1 Å². The maximum atomic E-state index is 13.8. The Hall–Kier alpha value is -4.12. The van der Waals surface area contributed by atoms with Gasteiger partial charge in [-0.25, -0.2) is 0 Å². The number of rotatable bonds is 3. The number of hydrogen-bond donors (Lipinski definition) is 0. The van der Waals surface area contributed by atoms with E-state index in [1.54, 1.807) is 13.8 Å². The number of imide groups is 1. The monoisotopic (exact) mass is 437 g/mol. The van der Waals surface area contributed by atoms with Gasteiger partial charge in [-0.3, -0.25) is 14.5 Å². The van der Waals surface area contributed by atoms with Crippen LogP contribution in [0.3, 0.4) is 0 Å². The highest BCUT2D eigenvalue weighted by Gasteiger charge is 2.50. The Morgan fingerprint density at radius 1 is 0.697 bits per heavy atom. The van der Waals surface area contributed by atoms with Crippen LogP contribution in [0.1, 0.15) is 30.5 Å². The first-order chi connectivity index (χ1) is 16.0. The van der Waals surface area contributed by atoms with E-state index >= 15 is 0 Å². The van der Waals surface area contributed by atoms with Crippen molar-refractivity contribution in [1.29, 1.82) is 0 Å². The number of hydrogen-bond acceptors (Lipinski definition) is 4. The second-order valence-electron chi connectivity index (χ2n) is 8.14. The summed E-state index contributed by atoms with van der Waals surface area (Å²) in [6, 6.07) is 28.1. The lowest BCUT2D eigenvalue weighted by Crippen LogP contribution is -2.45. The lowest BCUT2D eigenvalue weighted by molar-refractivity contribution is -0.188. The molecule has 2 amide bonds. The number of ether oxygens (including phenoxy) is 2. The van der Waals surface area contributed by atoms with Crippen molar-refractivity contribution in [2.75, 3.05) is 6.54 Å². The molecule has 0 aliphatic carbocycles. The third kappa shape index (κ3) is 3.52. The standard InChI is InChI=1S/C28H23NO4/c1-19-25(22-14-8-4-9-15-22)33-28(23-16-10-5-11-17-23)18-29(26(19)30)27(31)24(20(2)32-28)21-12-6-3-7-13-21/h3-17H,18H2,1-2H3. The zero-order chi connectivity index (χ0) is 23.0. The highest BCUT2D eigenvalue weighted by Crippen LogP contribution is 2.43. The van der Waals surface area contributed by atoms with E-state index in [4.69, 9.17) is 9.47 Å². The normalized spacial score (nSPS) is 20.7. The van der Waals surface area contributed by atoms with Crippen molar-refractivity contribution >= 4 is 23.1 Å². The number of allylic oxidation sites excluding steroid dienone is 1. The molecule has 2 aliphatic heterocycles. The maximum absolute atomic E-state index is 13.8. The quantitative estimate of drug-likeness (QED) is 0.534. The number of carbonyl (C=O) groups is 2. The Kier molecular flexibility index (Phi) is 5.09. The zero-order valence-corrected chi connectivity index (χ0v) is 18.4. The molecule has 0 fully saturated rings. The fourth-order valence-corrected chi connectivity index (χ4v) is 4.35. The van der Waals surface area contributed by atoms with E-state index in [2.05, 4.69) is 0 Å². The van der Waals surface area contributed by atoms with Crippen LogP contribution in [0.15, 0.2) is 102 Å². The fourth-order valence-electron chi connectivity index (χ4n) is 4.35. The molecule has 5 rings (SSSR count). The van der Waals surface area contributed by atoms with Crippen LogP contribution >= 0.6 is 0 Å². The molecule has 2 bridgehead atoms. The van der Waals surface area contributed by atoms with Gasteiger partial charge in [0, 0.05) is 11.1 Å². The second-order valence-corrected chi connectivity index (χ2v) is 8.14. The summed E-state index contributed by atoms with van der Waals surface area (Å²) in [4.78, 5) is 28.7. The average molecular weight is 437 g/mol. The van der Waals surface area contributed by atoms with Crippen LogP contribution in [0, 0.1) is 0 Å². The van der Waals surface area contributed by atoms with Crippen LogP contribution in [0.2, 0.25) is 0 Å². The molecule has 5 nitrogen and oxygen atoms in total. The molecule has 1 atom stereocenters. The molecule has 164 valence electrons. The Balaban J connectivity index is 1.75. The number of fused-ring (bicyclic) bond motifs is 2. The summed E-state index contributed by atoms with van der Waals surface area (Å²) in [5.74, 6) is -1.40. The van der Waals surface area contributed by atoms with Crippen molar-refractivity contribution in [1.82, 2.24) is 4.90 Å². The van der Waals surface area contributed by atoms with Gasteiger partial charge in [-0.15, -0.1) is 0 Å². The molecule has 0 aromatic heterocycles. The summed E-state index contributed by atoms with van der Waals surface area (Å²) in [5, 5.41) is 0. The predicted molar refractivity (Wildman–Crippen MR) is 125 cm³/mol. The van der Waals surface area contributed by atoms with Gasteiger partial charge in [-0.2, -0.15) is 0 Å². The van der Waals surface area contributed by atoms with Crippen LogP contribution < -0.4 is 0 Å². The van der Waals surface area contributed by atoms with Crippen molar-refractivity contribution in [3.05, 3.63) is 119 Å². The van der Waals surface area contributed by atoms with Crippen molar-refractivity contribution < 1.29 is 19.1 Å². The third-order valence-electron chi connectivity index (χ3n) is 5.98. The van der Waals surface area contributed by atoms with Crippen molar-refractivity contribution in [2.45, 2.75) is 19.6 Å². The molecule has 0 saturated carbocycles. The van der Waals surface area contributed by atoms with E-state index in [1.165, 1.54) is 4.90 Å². The first kappa shape index (κ1) is 20.8. The summed E-state index contributed by atoms with van der Waals surface area (Å²) < 4.78 is 13.1. The van der Waals surface area contributed by atoms with Crippen LogP contribution in [-0.4, -0.2) is 23.3 Å². The van der Waals surface area contributed by atoms with Gasteiger partial charge < -0.3 is 9.47 Å². The van der Waals surface area contributed by atoms with E-state index in [0.29, 0.717) is 33.8 Å². The number of benzene rings is 3. The Morgan fingerprint density at radius 2 is 1.24 bits per heavy atom. The number of nitrogens with zero attached hydrogens (tertiary/aromatic N) is 1. The SMILES string of the molecule is CC1=C(c2ccccc2)C(=O)N2CC(c3ccccc3)(O1)OC(c1ccccc1)=C(C)C2=O. The topological polar surface area (TPSA) is 55.8 Å². The van der Waals surface area contributed by atoms with Crippen LogP contribution in [-0.2, 0) is 24.8 Å². The largest absolute Gasteiger partial charge is 0.450 e. The Labute approximate surface area is 192 Å². The second kappa shape index (κ2) is 8.10. The molecule has 5 heteroatoms. The fraction of sp³-hybridized carbons (Fsp3) is 0.143. The Morgan fingerprint density at radius 3 is 1.85 bits per heavy atom. The molecular weight excluding hydrogens is 414 g/mol. The average Bonchev–Trinajstić information content (AvgIpc) is 3.04. The maximum Gasteiger partial charge on any atom is 0.295 e. The molecule has 3 aromatic rings. The van der Waals surface area contributed by atoms with Gasteiger partial charge in [0.15, 0.2) is 0 Å². The lowest BCUT2D eigenvalue weighted by Gasteiger charge is -2.35. The van der Waals surface area contributed by atoms with Crippen molar-refractivity contribution in [3.8, 4) is 0 Å². The van der Waals surface area contributed by atoms with E-state index in [1.807, 2.05) is 91.0 Å². The van der Waals surface area contributed by atoms with E-state index < -0.39 is 17.6 Å². The molecule has 0 N–H and O–H groups in total. The molecule has 0 saturated heterocycles. The molecule has 33 heavy (non-hydrogen) atoms. The van der Waals surface area contributed by atoms with Crippen molar-refractivity contribution in [3.63, 3.8) is 0 Å². The van der Waals surface area contributed by atoms with Gasteiger partial charge in [0.25, 0.3) is 17.6 Å². The highest BCUT2D eigenvalue weighted by molar-refractivity contribution is 6.26. The predicted octanol–water partition coefficient (Wildman–Crippen LogP) is 5.12. The summed E-state index contributed by atoms with van der Waals surface area (Å²) in [6.07, 6.45) is 0. The van der Waals surface area contributed by atoms with E-state index in [-0.39, 0.29) is 6.54 Å². The first-order valence-electron chi connectivity index (χ1n) is 10.8. The summed E-state index contributed by atoms with van der Waals surface area (Å²) >= 11 is 0. The molecule has 2 aliphatic rings. The van der Waals surface area contributed by atoms with Crippen LogP contribution in [0.25, 0.3) is 11.3 Å². The molecule has 0 radical (unpaired) electrons. The minimum absolute atomic E-state index is 0.0734. The van der Waals surface area contributed by atoms with Crippen LogP contribution in [0.5, 0.6) is 0 Å².